The molecule has 0 spiro atoms. The molecule has 0 unspecified atom stereocenters. The van der Waals surface area contributed by atoms with Crippen LogP contribution in [-0.2, 0) is 4.79 Å². The molecule has 13 heavy (non-hydrogen) atoms. The van der Waals surface area contributed by atoms with E-state index in [2.05, 4.69) is 6.58 Å². The van der Waals surface area contributed by atoms with Gasteiger partial charge in [-0.15, -0.1) is 0 Å². The smallest absolute Gasteiger partial charge is 0.159 e. The van der Waals surface area contributed by atoms with Crippen molar-refractivity contribution in [2.45, 2.75) is 12.6 Å². The van der Waals surface area contributed by atoms with Crippen molar-refractivity contribution in [1.82, 2.24) is 4.90 Å². The van der Waals surface area contributed by atoms with E-state index < -0.39 is 12.3 Å². The molecule has 1 N–H and O–H groups in total. The Bertz CT molecular complexity index is 234. The Morgan fingerprint density at radius 2 is 2.23 bits per heavy atom. The van der Waals surface area contributed by atoms with E-state index in [1.54, 1.807) is 4.90 Å². The number of carbonyl (C=O) groups is 1. The van der Waals surface area contributed by atoms with Crippen molar-refractivity contribution in [3.05, 3.63) is 12.2 Å². The first-order valence-corrected chi connectivity index (χ1v) is 4.18. The Hall–Kier alpha value is -0.740. The standard InChI is InChI=1S/C9H14FNO2/c1-7(8(2)13)3-11-4-9(10,5-11)6-12/h12H,1,3-6H2,2H3. The minimum Gasteiger partial charge on any atom is -0.393 e. The number of aliphatic hydroxyl groups excluding tert-OH is 1. The lowest BCUT2D eigenvalue weighted by molar-refractivity contribution is -0.114. The molecule has 0 atom stereocenters. The van der Waals surface area contributed by atoms with Crippen molar-refractivity contribution in [1.29, 1.82) is 0 Å². The van der Waals surface area contributed by atoms with E-state index in [1.165, 1.54) is 6.92 Å². The third-order valence-electron chi connectivity index (χ3n) is 2.21. The number of rotatable bonds is 4. The predicted octanol–water partition coefficient (Wildman–Crippen LogP) is 0.148. The fraction of sp³-hybridized carbons (Fsp3) is 0.667. The molecule has 1 aliphatic heterocycles. The predicted molar refractivity (Wildman–Crippen MR) is 47.2 cm³/mol. The van der Waals surface area contributed by atoms with Gasteiger partial charge < -0.3 is 5.11 Å². The third-order valence-corrected chi connectivity index (χ3v) is 2.21. The summed E-state index contributed by atoms with van der Waals surface area (Å²) in [6.07, 6.45) is 0. The lowest BCUT2D eigenvalue weighted by Gasteiger charge is -2.43. The monoisotopic (exact) mass is 187 g/mol. The van der Waals surface area contributed by atoms with Crippen molar-refractivity contribution < 1.29 is 14.3 Å². The number of aliphatic hydroxyl groups is 1. The highest BCUT2D eigenvalue weighted by Gasteiger charge is 2.42. The largest absolute Gasteiger partial charge is 0.393 e. The molecule has 1 saturated heterocycles. The summed E-state index contributed by atoms with van der Waals surface area (Å²) in [6.45, 7) is 5.35. The Balaban J connectivity index is 2.29. The molecule has 0 bridgehead atoms. The zero-order valence-corrected chi connectivity index (χ0v) is 7.72. The third kappa shape index (κ3) is 2.35. The maximum absolute atomic E-state index is 13.1. The summed E-state index contributed by atoms with van der Waals surface area (Å²) >= 11 is 0. The van der Waals surface area contributed by atoms with E-state index in [-0.39, 0.29) is 18.9 Å². The van der Waals surface area contributed by atoms with Gasteiger partial charge in [-0.1, -0.05) is 6.58 Å². The van der Waals surface area contributed by atoms with Crippen molar-refractivity contribution in [2.24, 2.45) is 0 Å². The number of Topliss-reactive ketones (excluding diaryl/α,β-unsaturated/α-hetero) is 1. The van der Waals surface area contributed by atoms with E-state index in [9.17, 15) is 9.18 Å². The zero-order valence-electron chi connectivity index (χ0n) is 7.72. The van der Waals surface area contributed by atoms with Crippen LogP contribution in [0.15, 0.2) is 12.2 Å². The van der Waals surface area contributed by atoms with Crippen LogP contribution in [-0.4, -0.2) is 47.7 Å². The Kier molecular flexibility index (Phi) is 2.83. The fourth-order valence-electron chi connectivity index (χ4n) is 1.35. The molecule has 1 heterocycles. The zero-order chi connectivity index (χ0) is 10.1. The van der Waals surface area contributed by atoms with Gasteiger partial charge in [0.15, 0.2) is 11.5 Å². The van der Waals surface area contributed by atoms with Crippen LogP contribution >= 0.6 is 0 Å². The molecular weight excluding hydrogens is 173 g/mol. The maximum atomic E-state index is 13.1. The molecule has 3 nitrogen and oxygen atoms in total. The number of hydrogen-bond acceptors (Lipinski definition) is 3. The van der Waals surface area contributed by atoms with Gasteiger partial charge in [-0.2, -0.15) is 0 Å². The highest BCUT2D eigenvalue weighted by molar-refractivity contribution is 5.92. The summed E-state index contributed by atoms with van der Waals surface area (Å²) in [6, 6.07) is 0. The SMILES string of the molecule is C=C(CN1CC(F)(CO)C1)C(C)=O. The first kappa shape index (κ1) is 10.3. The first-order chi connectivity index (χ1) is 5.97. The summed E-state index contributed by atoms with van der Waals surface area (Å²) in [5.74, 6) is -0.0691. The average Bonchev–Trinajstić information content (AvgIpc) is 2.01. The fourth-order valence-corrected chi connectivity index (χ4v) is 1.35. The molecule has 1 rings (SSSR count). The number of likely N-dealkylation sites (tertiary alicyclic amines) is 1. The van der Waals surface area contributed by atoms with Crippen LogP contribution in [0.25, 0.3) is 0 Å². The van der Waals surface area contributed by atoms with Gasteiger partial charge in [0, 0.05) is 25.2 Å². The average molecular weight is 187 g/mol. The molecule has 0 aromatic rings. The van der Waals surface area contributed by atoms with Crippen molar-refractivity contribution in [3.63, 3.8) is 0 Å². The molecule has 0 aromatic carbocycles. The molecule has 74 valence electrons. The van der Waals surface area contributed by atoms with Gasteiger partial charge in [0.25, 0.3) is 0 Å². The molecule has 0 aromatic heterocycles. The molecule has 1 fully saturated rings. The van der Waals surface area contributed by atoms with Crippen LogP contribution < -0.4 is 0 Å². The Labute approximate surface area is 76.8 Å². The second-order valence-corrected chi connectivity index (χ2v) is 3.61. The molecule has 0 amide bonds. The van der Waals surface area contributed by atoms with Gasteiger partial charge in [0.2, 0.25) is 0 Å². The van der Waals surface area contributed by atoms with Crippen molar-refractivity contribution in [3.8, 4) is 0 Å². The first-order valence-electron chi connectivity index (χ1n) is 4.18. The van der Waals surface area contributed by atoms with Crippen LogP contribution in [0.3, 0.4) is 0 Å². The van der Waals surface area contributed by atoms with Crippen LogP contribution in [0.2, 0.25) is 0 Å². The highest BCUT2D eigenvalue weighted by atomic mass is 19.1. The molecule has 1 aliphatic rings. The summed E-state index contributed by atoms with van der Waals surface area (Å²) in [7, 11) is 0. The van der Waals surface area contributed by atoms with Crippen LogP contribution in [0.1, 0.15) is 6.92 Å². The number of hydrogen-bond donors (Lipinski definition) is 1. The van der Waals surface area contributed by atoms with Gasteiger partial charge >= 0.3 is 0 Å². The summed E-state index contributed by atoms with van der Waals surface area (Å²) in [5, 5.41) is 8.62. The van der Waals surface area contributed by atoms with Gasteiger partial charge in [0.1, 0.15) is 0 Å². The van der Waals surface area contributed by atoms with E-state index in [4.69, 9.17) is 5.11 Å². The number of halogens is 1. The lowest BCUT2D eigenvalue weighted by atomic mass is 9.96. The number of alkyl halides is 1. The minimum atomic E-state index is -1.46. The molecule has 0 saturated carbocycles. The normalized spacial score (nSPS) is 20.8. The maximum Gasteiger partial charge on any atom is 0.159 e. The van der Waals surface area contributed by atoms with E-state index in [0.717, 1.165) is 0 Å². The van der Waals surface area contributed by atoms with Gasteiger partial charge in [-0.05, 0) is 6.92 Å². The Morgan fingerprint density at radius 3 is 2.62 bits per heavy atom. The molecule has 0 radical (unpaired) electrons. The number of carbonyl (C=O) groups excluding carboxylic acids is 1. The second kappa shape index (κ2) is 3.55. The minimum absolute atomic E-state index is 0.0691. The van der Waals surface area contributed by atoms with E-state index >= 15 is 0 Å². The molecule has 0 aliphatic carbocycles. The molecule has 4 heteroatoms. The number of nitrogens with zero attached hydrogens (tertiary/aromatic N) is 1. The van der Waals surface area contributed by atoms with Crippen molar-refractivity contribution >= 4 is 5.78 Å². The topological polar surface area (TPSA) is 40.5 Å². The highest BCUT2D eigenvalue weighted by Crippen LogP contribution is 2.24. The number of ketones is 1. The second-order valence-electron chi connectivity index (χ2n) is 3.61. The van der Waals surface area contributed by atoms with Crippen LogP contribution in [0.5, 0.6) is 0 Å². The Morgan fingerprint density at radius 1 is 1.69 bits per heavy atom. The lowest BCUT2D eigenvalue weighted by Crippen LogP contribution is -2.61. The van der Waals surface area contributed by atoms with E-state index in [1.807, 2.05) is 0 Å². The van der Waals surface area contributed by atoms with Gasteiger partial charge in [0.05, 0.1) is 6.61 Å². The van der Waals surface area contributed by atoms with Crippen LogP contribution in [0, 0.1) is 0 Å². The van der Waals surface area contributed by atoms with Gasteiger partial charge in [-0.3, -0.25) is 9.69 Å². The summed E-state index contributed by atoms with van der Waals surface area (Å²) in [5.41, 5.74) is -0.975. The quantitative estimate of drug-likeness (QED) is 0.637. The summed E-state index contributed by atoms with van der Waals surface area (Å²) in [4.78, 5) is 12.5. The van der Waals surface area contributed by atoms with E-state index in [0.29, 0.717) is 12.1 Å². The summed E-state index contributed by atoms with van der Waals surface area (Å²) < 4.78 is 13.1. The van der Waals surface area contributed by atoms with Gasteiger partial charge in [-0.25, -0.2) is 4.39 Å². The van der Waals surface area contributed by atoms with Crippen molar-refractivity contribution in [2.75, 3.05) is 26.2 Å². The van der Waals surface area contributed by atoms with Crippen LogP contribution in [0.4, 0.5) is 4.39 Å². The molecular formula is C9H14FNO2.